The molecule has 3 aromatic heterocycles. The molecule has 1 fully saturated rings. The van der Waals surface area contributed by atoms with Gasteiger partial charge in [0.15, 0.2) is 5.78 Å². The van der Waals surface area contributed by atoms with Crippen LogP contribution in [0.25, 0.3) is 4.96 Å². The maximum absolute atomic E-state index is 14.1. The van der Waals surface area contributed by atoms with Crippen molar-refractivity contribution in [2.75, 3.05) is 11.4 Å². The topological polar surface area (TPSA) is 80.5 Å². The number of carbonyl (C=O) groups is 1. The van der Waals surface area contributed by atoms with Crippen LogP contribution in [0.4, 0.5) is 13.9 Å². The number of ketones is 1. The molecule has 0 spiro atoms. The minimum absolute atomic E-state index is 0.0358. The average molecular weight is 419 g/mol. The van der Waals surface area contributed by atoms with Crippen LogP contribution in [-0.4, -0.2) is 38.0 Å². The van der Waals surface area contributed by atoms with Crippen LogP contribution in [0, 0.1) is 11.6 Å². The summed E-state index contributed by atoms with van der Waals surface area (Å²) in [6, 6.07) is 2.53. The lowest BCUT2D eigenvalue weighted by Gasteiger charge is -2.22. The number of rotatable bonds is 6. The molecule has 4 heterocycles. The van der Waals surface area contributed by atoms with E-state index in [1.165, 1.54) is 17.4 Å². The molecule has 1 aliphatic heterocycles. The van der Waals surface area contributed by atoms with Crippen LogP contribution in [0.5, 0.6) is 0 Å². The largest absolute Gasteiger partial charge is 0.337 e. The number of halogens is 2. The molecular weight excluding hydrogens is 400 g/mol. The fourth-order valence-electron chi connectivity index (χ4n) is 3.51. The van der Waals surface area contributed by atoms with E-state index in [2.05, 4.69) is 15.1 Å². The van der Waals surface area contributed by atoms with Gasteiger partial charge in [0.2, 0.25) is 15.9 Å². The summed E-state index contributed by atoms with van der Waals surface area (Å²) in [4.78, 5) is 35.4. The third kappa shape index (κ3) is 3.76. The predicted molar refractivity (Wildman–Crippen MR) is 104 cm³/mol. The maximum Gasteiger partial charge on any atom is 0.311 e. The third-order valence-electron chi connectivity index (χ3n) is 5.03. The van der Waals surface area contributed by atoms with Crippen molar-refractivity contribution in [2.24, 2.45) is 0 Å². The van der Waals surface area contributed by atoms with Gasteiger partial charge >= 0.3 is 5.56 Å². The quantitative estimate of drug-likeness (QED) is 0.611. The molecule has 0 amide bonds. The summed E-state index contributed by atoms with van der Waals surface area (Å²) < 4.78 is 28.0. The Morgan fingerprint density at radius 3 is 2.90 bits per heavy atom. The van der Waals surface area contributed by atoms with Gasteiger partial charge in [0.05, 0.1) is 17.9 Å². The molecule has 1 atom stereocenters. The van der Waals surface area contributed by atoms with Crippen molar-refractivity contribution in [3.05, 3.63) is 51.7 Å². The van der Waals surface area contributed by atoms with Gasteiger partial charge < -0.3 is 4.90 Å². The standard InChI is InChI=1S/C19H19F2N5O2S/c1-2-13-16(21)17(28)26-18(23-13)29-19(24-26)25-9-3-4-14(25)15(27)8-7-12-6-5-11(20)10-22-12/h5-6,10,14H,2-4,7-9H2,1H3/t14-/m1/s1. The Kier molecular flexibility index (Phi) is 5.35. The Hall–Kier alpha value is -2.75. The third-order valence-corrected chi connectivity index (χ3v) is 5.98. The summed E-state index contributed by atoms with van der Waals surface area (Å²) in [5.41, 5.74) is -0.0486. The van der Waals surface area contributed by atoms with E-state index in [-0.39, 0.29) is 23.9 Å². The molecule has 152 valence electrons. The minimum Gasteiger partial charge on any atom is -0.337 e. The fraction of sp³-hybridized carbons (Fsp3) is 0.421. The zero-order chi connectivity index (χ0) is 20.5. The summed E-state index contributed by atoms with van der Waals surface area (Å²) in [5.74, 6) is -1.26. The number of aryl methyl sites for hydroxylation is 2. The zero-order valence-corrected chi connectivity index (χ0v) is 16.6. The number of carbonyl (C=O) groups excluding carboxylic acids is 1. The van der Waals surface area contributed by atoms with Crippen molar-refractivity contribution in [3.63, 3.8) is 0 Å². The molecular formula is C19H19F2N5O2S. The van der Waals surface area contributed by atoms with Crippen molar-refractivity contribution in [2.45, 2.75) is 45.1 Å². The monoisotopic (exact) mass is 419 g/mol. The Morgan fingerprint density at radius 1 is 1.34 bits per heavy atom. The number of fused-ring (bicyclic) bond motifs is 1. The number of pyridine rings is 1. The molecule has 29 heavy (non-hydrogen) atoms. The van der Waals surface area contributed by atoms with Gasteiger partial charge in [-0.1, -0.05) is 18.3 Å². The molecule has 4 rings (SSSR count). The number of aromatic nitrogens is 4. The first-order chi connectivity index (χ1) is 14.0. The zero-order valence-electron chi connectivity index (χ0n) is 15.8. The molecule has 0 aromatic carbocycles. The van der Waals surface area contributed by atoms with Gasteiger partial charge in [0.25, 0.3) is 0 Å². The SMILES string of the molecule is CCc1nc2sc(N3CCC[C@@H]3C(=O)CCc3ccc(F)cn3)nn2c(=O)c1F. The van der Waals surface area contributed by atoms with Crippen molar-refractivity contribution in [1.29, 1.82) is 0 Å². The highest BCUT2D eigenvalue weighted by Crippen LogP contribution is 2.30. The van der Waals surface area contributed by atoms with Crippen LogP contribution in [0.3, 0.4) is 0 Å². The van der Waals surface area contributed by atoms with Crippen LogP contribution in [0.2, 0.25) is 0 Å². The Balaban J connectivity index is 1.54. The normalized spacial score (nSPS) is 16.7. The second kappa shape index (κ2) is 7.94. The predicted octanol–water partition coefficient (Wildman–Crippen LogP) is 2.56. The van der Waals surface area contributed by atoms with Crippen LogP contribution in [0.1, 0.15) is 37.6 Å². The molecule has 1 saturated heterocycles. The van der Waals surface area contributed by atoms with Crippen molar-refractivity contribution in [3.8, 4) is 0 Å². The highest BCUT2D eigenvalue weighted by atomic mass is 32.1. The number of nitrogens with zero attached hydrogens (tertiary/aromatic N) is 5. The van der Waals surface area contributed by atoms with Gasteiger partial charge in [-0.3, -0.25) is 14.6 Å². The Labute approximate surface area is 169 Å². The number of anilines is 1. The van der Waals surface area contributed by atoms with Gasteiger partial charge in [-0.15, -0.1) is 5.10 Å². The molecule has 0 radical (unpaired) electrons. The molecule has 0 unspecified atom stereocenters. The molecule has 1 aliphatic rings. The summed E-state index contributed by atoms with van der Waals surface area (Å²) in [6.07, 6.45) is 3.65. The first-order valence-electron chi connectivity index (χ1n) is 9.46. The van der Waals surface area contributed by atoms with Crippen molar-refractivity contribution in [1.82, 2.24) is 19.6 Å². The van der Waals surface area contributed by atoms with Crippen LogP contribution >= 0.6 is 11.3 Å². The lowest BCUT2D eigenvalue weighted by atomic mass is 10.0. The second-order valence-corrected chi connectivity index (χ2v) is 7.83. The number of hydrogen-bond donors (Lipinski definition) is 0. The minimum atomic E-state index is -0.886. The average Bonchev–Trinajstić information content (AvgIpc) is 3.37. The van der Waals surface area contributed by atoms with Crippen molar-refractivity contribution < 1.29 is 13.6 Å². The Morgan fingerprint density at radius 2 is 2.17 bits per heavy atom. The van der Waals surface area contributed by atoms with Crippen molar-refractivity contribution >= 4 is 27.2 Å². The summed E-state index contributed by atoms with van der Waals surface area (Å²) in [5, 5.41) is 4.72. The molecule has 0 bridgehead atoms. The van der Waals surface area contributed by atoms with Crippen LogP contribution in [0.15, 0.2) is 23.1 Å². The molecule has 0 aliphatic carbocycles. The van der Waals surface area contributed by atoms with E-state index >= 15 is 0 Å². The molecule has 0 N–H and O–H groups in total. The number of hydrogen-bond acceptors (Lipinski definition) is 7. The van der Waals surface area contributed by atoms with E-state index in [1.807, 2.05) is 4.90 Å². The summed E-state index contributed by atoms with van der Waals surface area (Å²) in [7, 11) is 0. The molecule has 3 aromatic rings. The summed E-state index contributed by atoms with van der Waals surface area (Å²) >= 11 is 1.18. The van der Waals surface area contributed by atoms with E-state index in [9.17, 15) is 18.4 Å². The van der Waals surface area contributed by atoms with Gasteiger partial charge in [0.1, 0.15) is 5.82 Å². The first kappa shape index (κ1) is 19.6. The van der Waals surface area contributed by atoms with Crippen LogP contribution in [-0.2, 0) is 17.6 Å². The van der Waals surface area contributed by atoms with E-state index in [4.69, 9.17) is 0 Å². The van der Waals surface area contributed by atoms with Gasteiger partial charge in [-0.05, 0) is 37.8 Å². The van der Waals surface area contributed by atoms with Gasteiger partial charge in [-0.25, -0.2) is 9.37 Å². The first-order valence-corrected chi connectivity index (χ1v) is 10.3. The van der Waals surface area contributed by atoms with Crippen LogP contribution < -0.4 is 10.5 Å². The van der Waals surface area contributed by atoms with Gasteiger partial charge in [-0.2, -0.15) is 8.91 Å². The van der Waals surface area contributed by atoms with E-state index in [0.29, 0.717) is 41.6 Å². The fourth-order valence-corrected chi connectivity index (χ4v) is 4.50. The highest BCUT2D eigenvalue weighted by Gasteiger charge is 2.33. The lowest BCUT2D eigenvalue weighted by Crippen LogP contribution is -2.36. The Bertz CT molecular complexity index is 1110. The maximum atomic E-state index is 14.1. The lowest BCUT2D eigenvalue weighted by molar-refractivity contribution is -0.120. The van der Waals surface area contributed by atoms with E-state index in [0.717, 1.165) is 17.1 Å². The van der Waals surface area contributed by atoms with Gasteiger partial charge in [0, 0.05) is 18.7 Å². The smallest absolute Gasteiger partial charge is 0.311 e. The second-order valence-electron chi connectivity index (χ2n) is 6.90. The summed E-state index contributed by atoms with van der Waals surface area (Å²) in [6.45, 7) is 2.36. The molecule has 7 nitrogen and oxygen atoms in total. The van der Waals surface area contributed by atoms with E-state index < -0.39 is 17.2 Å². The molecule has 0 saturated carbocycles. The highest BCUT2D eigenvalue weighted by molar-refractivity contribution is 7.20. The number of Topliss-reactive ketones (excluding diaryl/α,β-unsaturated/α-hetero) is 1. The molecule has 10 heteroatoms. The van der Waals surface area contributed by atoms with E-state index in [1.54, 1.807) is 13.0 Å².